The Morgan fingerprint density at radius 1 is 1.00 bits per heavy atom. The Kier molecular flexibility index (Phi) is 10.8. The topological polar surface area (TPSA) is 171 Å². The fraction of sp³-hybridized carbons (Fsp3) is 0.795. The number of thioether (sulfide) groups is 1. The molecule has 11 rings (SSSR count). The highest BCUT2D eigenvalue weighted by molar-refractivity contribution is 8.00. The van der Waals surface area contributed by atoms with Crippen molar-refractivity contribution in [2.24, 2.45) is 34.0 Å². The fourth-order valence-corrected chi connectivity index (χ4v) is 14.8. The molecule has 4 saturated heterocycles. The smallest absolute Gasteiger partial charge is 0.315 e. The van der Waals surface area contributed by atoms with Crippen LogP contribution >= 0.6 is 11.8 Å². The van der Waals surface area contributed by atoms with E-state index in [2.05, 4.69) is 39.8 Å². The molecule has 1 aromatic heterocycles. The van der Waals surface area contributed by atoms with E-state index in [1.807, 2.05) is 22.6 Å². The lowest BCUT2D eigenvalue weighted by molar-refractivity contribution is -0.232. The second-order valence-corrected chi connectivity index (χ2v) is 20.6. The molecule has 14 heteroatoms. The molecular formula is C44H62N6O7S. The molecule has 3 spiro atoms. The number of aryl methyl sites for hydroxylation is 1. The molecule has 4 bridgehead atoms. The van der Waals surface area contributed by atoms with Crippen molar-refractivity contribution >= 4 is 41.2 Å². The highest BCUT2D eigenvalue weighted by Gasteiger charge is 2.92. The van der Waals surface area contributed by atoms with Crippen LogP contribution in [-0.4, -0.2) is 85.9 Å². The summed E-state index contributed by atoms with van der Waals surface area (Å²) in [6, 6.07) is 0.379. The number of hydrogen-bond donors (Lipinski definition) is 3. The quantitative estimate of drug-likeness (QED) is 0.0719. The number of ketones is 2. The zero-order valence-corrected chi connectivity index (χ0v) is 35.0. The van der Waals surface area contributed by atoms with E-state index in [1.54, 1.807) is 0 Å². The molecule has 6 aliphatic carbocycles. The van der Waals surface area contributed by atoms with Crippen LogP contribution in [0.25, 0.3) is 0 Å². The molecule has 5 heterocycles. The van der Waals surface area contributed by atoms with E-state index in [-0.39, 0.29) is 64.7 Å². The number of ether oxygens (including phenoxy) is 2. The summed E-state index contributed by atoms with van der Waals surface area (Å²) >= 11 is 1.90. The van der Waals surface area contributed by atoms with Crippen molar-refractivity contribution in [3.05, 3.63) is 24.0 Å². The molecule has 11 atom stereocenters. The minimum Gasteiger partial charge on any atom is -0.461 e. The largest absolute Gasteiger partial charge is 0.461 e. The molecule has 11 unspecified atom stereocenters. The van der Waals surface area contributed by atoms with Crippen molar-refractivity contribution in [3.8, 4) is 0 Å². The zero-order valence-electron chi connectivity index (χ0n) is 34.2. The summed E-state index contributed by atoms with van der Waals surface area (Å²) < 4.78 is 14.8. The number of nitrogens with zero attached hydrogens (tertiary/aromatic N) is 3. The van der Waals surface area contributed by atoms with Crippen molar-refractivity contribution in [1.82, 2.24) is 30.9 Å². The first kappa shape index (κ1) is 40.2. The van der Waals surface area contributed by atoms with E-state index in [0.29, 0.717) is 49.7 Å². The highest BCUT2D eigenvalue weighted by Crippen LogP contribution is 2.82. The maximum atomic E-state index is 14.2. The number of urea groups is 1. The average Bonchev–Trinajstić information content (AvgIpc) is 3.59. The zero-order chi connectivity index (χ0) is 40.3. The number of aromatic nitrogens is 3. The van der Waals surface area contributed by atoms with Gasteiger partial charge in [-0.05, 0) is 99.4 Å². The Morgan fingerprint density at radius 2 is 1.79 bits per heavy atom. The van der Waals surface area contributed by atoms with Gasteiger partial charge in [-0.1, -0.05) is 57.2 Å². The van der Waals surface area contributed by atoms with Crippen LogP contribution in [0.3, 0.4) is 0 Å². The first-order valence-electron chi connectivity index (χ1n) is 22.5. The number of carbonyl (C=O) groups is 5. The second-order valence-electron chi connectivity index (χ2n) is 19.3. The van der Waals surface area contributed by atoms with Gasteiger partial charge in [0.1, 0.15) is 17.4 Å². The monoisotopic (exact) mass is 818 g/mol. The molecule has 10 aliphatic rings. The molecule has 13 nitrogen and oxygen atoms in total. The van der Waals surface area contributed by atoms with Gasteiger partial charge in [0.15, 0.2) is 11.6 Å². The molecule has 0 aromatic carbocycles. The van der Waals surface area contributed by atoms with Crippen molar-refractivity contribution in [1.29, 1.82) is 0 Å². The minimum absolute atomic E-state index is 0.0229. The first-order chi connectivity index (χ1) is 28.0. The lowest BCUT2D eigenvalue weighted by Gasteiger charge is -2.64. The number of amides is 3. The summed E-state index contributed by atoms with van der Waals surface area (Å²) in [7, 11) is 0. The molecule has 58 heavy (non-hydrogen) atoms. The SMILES string of the molecule is C=C1C(=O)C23CCC1CC2C12C(=O)C14CCCC(C)(CO4)C2CC3OC(=O)CCCCCCCCCn1cc(CNC(=O)CCCCC2SCC3NC(=O)NC32)nn1. The molecule has 1 aromatic rings. The highest BCUT2D eigenvalue weighted by atomic mass is 32.2. The Morgan fingerprint density at radius 3 is 2.64 bits per heavy atom. The van der Waals surface area contributed by atoms with Crippen molar-refractivity contribution in [3.63, 3.8) is 0 Å². The summed E-state index contributed by atoms with van der Waals surface area (Å²) in [6.45, 7) is 8.23. The predicted octanol–water partition coefficient (Wildman–Crippen LogP) is 5.74. The van der Waals surface area contributed by atoms with E-state index in [1.165, 1.54) is 0 Å². The third kappa shape index (κ3) is 6.56. The number of fused-ring (bicyclic) bond motifs is 6. The van der Waals surface area contributed by atoms with E-state index in [9.17, 15) is 24.0 Å². The summed E-state index contributed by atoms with van der Waals surface area (Å²) in [5.41, 5.74) is -0.912. The summed E-state index contributed by atoms with van der Waals surface area (Å²) in [5.74, 6) is 1.11. The molecule has 316 valence electrons. The number of esters is 1. The Bertz CT molecular complexity index is 1840. The summed E-state index contributed by atoms with van der Waals surface area (Å²) in [5, 5.41) is 17.8. The van der Waals surface area contributed by atoms with E-state index in [0.717, 1.165) is 114 Å². The fourth-order valence-electron chi connectivity index (χ4n) is 13.2. The van der Waals surface area contributed by atoms with Crippen molar-refractivity contribution in [2.75, 3.05) is 12.4 Å². The number of rotatable bonds is 18. The van der Waals surface area contributed by atoms with Crippen LogP contribution in [0, 0.1) is 34.0 Å². The normalized spacial score (nSPS) is 38.9. The third-order valence-corrected chi connectivity index (χ3v) is 17.7. The van der Waals surface area contributed by atoms with Gasteiger partial charge >= 0.3 is 12.0 Å². The number of carbonyl (C=O) groups excluding carboxylic acids is 5. The Hall–Kier alpha value is -3.26. The number of hydrogen-bond acceptors (Lipinski definition) is 10. The van der Waals surface area contributed by atoms with Gasteiger partial charge < -0.3 is 25.4 Å². The van der Waals surface area contributed by atoms with Gasteiger partial charge in [0.05, 0.1) is 42.3 Å². The lowest BCUT2D eigenvalue weighted by atomic mass is 9.40. The number of unbranched alkanes of at least 4 members (excludes halogenated alkanes) is 7. The molecule has 3 N–H and O–H groups in total. The Balaban J connectivity index is 0.655. The molecule has 0 radical (unpaired) electrons. The predicted molar refractivity (Wildman–Crippen MR) is 216 cm³/mol. The molecule has 6 saturated carbocycles. The van der Waals surface area contributed by atoms with Gasteiger partial charge in [0.2, 0.25) is 5.91 Å². The maximum absolute atomic E-state index is 14.2. The first-order valence-corrected chi connectivity index (χ1v) is 23.5. The summed E-state index contributed by atoms with van der Waals surface area (Å²) in [6.07, 6.45) is 17.7. The van der Waals surface area contributed by atoms with E-state index >= 15 is 0 Å². The van der Waals surface area contributed by atoms with Crippen LogP contribution in [0.1, 0.15) is 135 Å². The van der Waals surface area contributed by atoms with Gasteiger partial charge in [0.25, 0.3) is 0 Å². The number of Topliss-reactive ketones (excluding diaryl/α,β-unsaturated/α-hetero) is 2. The number of nitrogens with one attached hydrogen (secondary N) is 3. The van der Waals surface area contributed by atoms with Gasteiger partial charge in [-0.15, -0.1) is 5.10 Å². The van der Waals surface area contributed by atoms with E-state index in [4.69, 9.17) is 9.47 Å². The van der Waals surface area contributed by atoms with Gasteiger partial charge in [-0.3, -0.25) is 23.9 Å². The van der Waals surface area contributed by atoms with Crippen LogP contribution in [0.5, 0.6) is 0 Å². The molecule has 4 aliphatic heterocycles. The molecular weight excluding hydrogens is 757 g/mol. The molecule has 3 amide bonds. The minimum atomic E-state index is -0.846. The standard InChI is InChI=1S/C44H62N6O7S/c1-27-28-16-19-42(38(27)53)33(21-28)44-32(41(2)17-12-18-43(44,39(44)54)56-26-41)22-34(42)57-36(52)15-8-6-4-3-5-7-11-20-50-24-29(48-49-50)23-45-35(51)14-10-9-13-31-37-30(25-58-31)46-40(55)47-37/h24,28,30-34,37H,1,3-23,25-26H2,2H3,(H,45,51)(H2,46,47,55). The van der Waals surface area contributed by atoms with Gasteiger partial charge in [-0.2, -0.15) is 11.8 Å². The maximum Gasteiger partial charge on any atom is 0.315 e. The van der Waals surface area contributed by atoms with E-state index < -0.39 is 22.5 Å². The van der Waals surface area contributed by atoms with Crippen molar-refractivity contribution < 1.29 is 33.4 Å². The third-order valence-electron chi connectivity index (χ3n) is 16.2. The average molecular weight is 819 g/mol. The van der Waals surface area contributed by atoms with Crippen LogP contribution in [0.15, 0.2) is 18.3 Å². The van der Waals surface area contributed by atoms with Gasteiger partial charge in [0, 0.05) is 30.4 Å². The lowest BCUT2D eigenvalue weighted by Crippen LogP contribution is -2.68. The van der Waals surface area contributed by atoms with Crippen LogP contribution in [0.2, 0.25) is 0 Å². The summed E-state index contributed by atoms with van der Waals surface area (Å²) in [4.78, 5) is 65.7. The van der Waals surface area contributed by atoms with Crippen LogP contribution in [-0.2, 0) is 41.7 Å². The van der Waals surface area contributed by atoms with Crippen LogP contribution in [0.4, 0.5) is 4.79 Å². The van der Waals surface area contributed by atoms with Gasteiger partial charge in [-0.25, -0.2) is 4.79 Å². The Labute approximate surface area is 346 Å². The molecule has 10 fully saturated rings. The second kappa shape index (κ2) is 15.6. The van der Waals surface area contributed by atoms with Crippen LogP contribution < -0.4 is 16.0 Å². The number of allylic oxidation sites excluding steroid dienone is 1. The van der Waals surface area contributed by atoms with Crippen molar-refractivity contribution in [2.45, 2.75) is 171 Å².